The van der Waals surface area contributed by atoms with E-state index in [9.17, 15) is 4.79 Å². The second kappa shape index (κ2) is 6.78. The summed E-state index contributed by atoms with van der Waals surface area (Å²) in [5, 5.41) is 0.769. The summed E-state index contributed by atoms with van der Waals surface area (Å²) in [6.07, 6.45) is -0.187. The molecule has 1 aromatic carbocycles. The second-order valence-corrected chi connectivity index (χ2v) is 5.18. The number of quaternary nitrogens is 1. The van der Waals surface area contributed by atoms with E-state index in [1.165, 1.54) is 10.5 Å². The van der Waals surface area contributed by atoms with Gasteiger partial charge >= 0.3 is 6.09 Å². The van der Waals surface area contributed by atoms with Crippen LogP contribution in [-0.2, 0) is 11.3 Å². The number of carbonyl (C=O) groups is 1. The molecule has 0 aliphatic carbocycles. The number of piperazine rings is 1. The molecule has 0 unspecified atom stereocenters. The molecule has 19 heavy (non-hydrogen) atoms. The fourth-order valence-electron chi connectivity index (χ4n) is 2.29. The lowest BCUT2D eigenvalue weighted by atomic mass is 10.2. The van der Waals surface area contributed by atoms with Crippen molar-refractivity contribution >= 4 is 17.7 Å². The van der Waals surface area contributed by atoms with Gasteiger partial charge < -0.3 is 9.64 Å². The normalized spacial score (nSPS) is 16.4. The van der Waals surface area contributed by atoms with E-state index < -0.39 is 0 Å². The number of hydrogen-bond acceptors (Lipinski definition) is 2. The smallest absolute Gasteiger partial charge is 0.410 e. The highest BCUT2D eigenvalue weighted by atomic mass is 35.5. The molecule has 0 aromatic heterocycles. The van der Waals surface area contributed by atoms with E-state index in [1.54, 1.807) is 4.90 Å². The Kier molecular flexibility index (Phi) is 5.05. The molecule has 1 fully saturated rings. The SMILES string of the molecule is CCOC(=O)N1CC[NH+](Cc2ccc(Cl)cc2)CC1. The lowest BCUT2D eigenvalue weighted by Gasteiger charge is -2.31. The first-order valence-electron chi connectivity index (χ1n) is 6.68. The number of halogens is 1. The molecule has 1 amide bonds. The van der Waals surface area contributed by atoms with Crippen molar-refractivity contribution < 1.29 is 14.4 Å². The van der Waals surface area contributed by atoms with Gasteiger partial charge in [-0.25, -0.2) is 4.79 Å². The van der Waals surface area contributed by atoms with Crippen molar-refractivity contribution in [1.29, 1.82) is 0 Å². The molecule has 1 saturated heterocycles. The largest absolute Gasteiger partial charge is 0.450 e. The average Bonchev–Trinajstić information content (AvgIpc) is 2.42. The van der Waals surface area contributed by atoms with Crippen molar-refractivity contribution in [2.24, 2.45) is 0 Å². The molecule has 0 spiro atoms. The summed E-state index contributed by atoms with van der Waals surface area (Å²) in [4.78, 5) is 14.9. The first kappa shape index (κ1) is 14.2. The summed E-state index contributed by atoms with van der Waals surface area (Å²) in [5.74, 6) is 0. The Hall–Kier alpha value is -1.26. The van der Waals surface area contributed by atoms with Gasteiger partial charge in [0.2, 0.25) is 0 Å². The van der Waals surface area contributed by atoms with Gasteiger partial charge in [-0.3, -0.25) is 4.90 Å². The van der Waals surface area contributed by atoms with E-state index in [4.69, 9.17) is 16.3 Å². The predicted molar refractivity (Wildman–Crippen MR) is 74.4 cm³/mol. The first-order chi connectivity index (χ1) is 9.19. The van der Waals surface area contributed by atoms with Crippen molar-refractivity contribution in [3.8, 4) is 0 Å². The number of carbonyl (C=O) groups excluding carboxylic acids is 1. The zero-order valence-corrected chi connectivity index (χ0v) is 11.9. The molecule has 5 heteroatoms. The van der Waals surface area contributed by atoms with Crippen LogP contribution in [0.2, 0.25) is 5.02 Å². The van der Waals surface area contributed by atoms with Gasteiger partial charge in [-0.2, -0.15) is 0 Å². The molecule has 0 atom stereocenters. The summed E-state index contributed by atoms with van der Waals surface area (Å²) in [7, 11) is 0. The highest BCUT2D eigenvalue weighted by Gasteiger charge is 2.24. The van der Waals surface area contributed by atoms with Crippen LogP contribution in [0.15, 0.2) is 24.3 Å². The molecular formula is C14H20ClN2O2+. The Morgan fingerprint density at radius 1 is 1.32 bits per heavy atom. The van der Waals surface area contributed by atoms with Gasteiger partial charge in [-0.1, -0.05) is 23.7 Å². The Labute approximate surface area is 118 Å². The van der Waals surface area contributed by atoms with Crippen molar-refractivity contribution in [1.82, 2.24) is 4.90 Å². The zero-order chi connectivity index (χ0) is 13.7. The molecule has 0 bridgehead atoms. The van der Waals surface area contributed by atoms with Crippen LogP contribution in [0.25, 0.3) is 0 Å². The molecule has 1 heterocycles. The minimum absolute atomic E-state index is 0.187. The third-order valence-corrected chi connectivity index (χ3v) is 3.62. The number of nitrogens with zero attached hydrogens (tertiary/aromatic N) is 1. The molecule has 0 saturated carbocycles. The molecule has 1 N–H and O–H groups in total. The quantitative estimate of drug-likeness (QED) is 0.904. The Bertz CT molecular complexity index is 414. The predicted octanol–water partition coefficient (Wildman–Crippen LogP) is 1.20. The fraction of sp³-hybridized carbons (Fsp3) is 0.500. The van der Waals surface area contributed by atoms with Crippen LogP contribution in [0.1, 0.15) is 12.5 Å². The zero-order valence-electron chi connectivity index (χ0n) is 11.2. The second-order valence-electron chi connectivity index (χ2n) is 4.74. The highest BCUT2D eigenvalue weighted by molar-refractivity contribution is 6.30. The lowest BCUT2D eigenvalue weighted by Crippen LogP contribution is -3.13. The summed E-state index contributed by atoms with van der Waals surface area (Å²) in [5.41, 5.74) is 1.28. The van der Waals surface area contributed by atoms with E-state index in [0.29, 0.717) is 6.61 Å². The van der Waals surface area contributed by atoms with Gasteiger partial charge in [0, 0.05) is 10.6 Å². The van der Waals surface area contributed by atoms with Crippen LogP contribution in [0.3, 0.4) is 0 Å². The molecule has 1 aliphatic heterocycles. The molecule has 104 valence electrons. The maximum atomic E-state index is 11.6. The van der Waals surface area contributed by atoms with Gasteiger partial charge in [-0.15, -0.1) is 0 Å². The summed E-state index contributed by atoms with van der Waals surface area (Å²) < 4.78 is 5.01. The summed E-state index contributed by atoms with van der Waals surface area (Å²) in [6, 6.07) is 7.97. The minimum Gasteiger partial charge on any atom is -0.450 e. The van der Waals surface area contributed by atoms with Crippen LogP contribution >= 0.6 is 11.6 Å². The molecular weight excluding hydrogens is 264 g/mol. The van der Waals surface area contributed by atoms with Gasteiger partial charge in [0.15, 0.2) is 0 Å². The van der Waals surface area contributed by atoms with Crippen molar-refractivity contribution in [2.75, 3.05) is 32.8 Å². The van der Waals surface area contributed by atoms with Crippen molar-refractivity contribution in [3.05, 3.63) is 34.9 Å². The van der Waals surface area contributed by atoms with Gasteiger partial charge in [0.1, 0.15) is 6.54 Å². The molecule has 4 nitrogen and oxygen atoms in total. The molecule has 1 aliphatic rings. The van der Waals surface area contributed by atoms with Gasteiger partial charge in [0.05, 0.1) is 32.8 Å². The summed E-state index contributed by atoms with van der Waals surface area (Å²) in [6.45, 7) is 6.71. The third-order valence-electron chi connectivity index (χ3n) is 3.36. The van der Waals surface area contributed by atoms with Crippen LogP contribution in [-0.4, -0.2) is 43.8 Å². The minimum atomic E-state index is -0.187. The number of nitrogens with one attached hydrogen (secondary N) is 1. The van der Waals surface area contributed by atoms with Crippen LogP contribution < -0.4 is 4.90 Å². The van der Waals surface area contributed by atoms with Gasteiger partial charge in [-0.05, 0) is 19.1 Å². The van der Waals surface area contributed by atoms with Crippen LogP contribution in [0.5, 0.6) is 0 Å². The molecule has 0 radical (unpaired) electrons. The lowest BCUT2D eigenvalue weighted by molar-refractivity contribution is -0.917. The maximum Gasteiger partial charge on any atom is 0.410 e. The number of amides is 1. The van der Waals surface area contributed by atoms with E-state index in [-0.39, 0.29) is 6.09 Å². The number of hydrogen-bond donors (Lipinski definition) is 1. The standard InChI is InChI=1S/C14H19ClN2O2/c1-2-19-14(18)17-9-7-16(8-10-17)11-12-3-5-13(15)6-4-12/h3-6H,2,7-11H2,1H3/p+1. The number of benzene rings is 1. The number of rotatable bonds is 3. The average molecular weight is 284 g/mol. The first-order valence-corrected chi connectivity index (χ1v) is 7.06. The Morgan fingerprint density at radius 3 is 2.53 bits per heavy atom. The van der Waals surface area contributed by atoms with Crippen molar-refractivity contribution in [2.45, 2.75) is 13.5 Å². The Morgan fingerprint density at radius 2 is 1.95 bits per heavy atom. The van der Waals surface area contributed by atoms with E-state index in [0.717, 1.165) is 37.7 Å². The monoisotopic (exact) mass is 283 g/mol. The van der Waals surface area contributed by atoms with Crippen LogP contribution in [0.4, 0.5) is 4.79 Å². The third kappa shape index (κ3) is 4.11. The Balaban J connectivity index is 1.80. The van der Waals surface area contributed by atoms with E-state index in [1.807, 2.05) is 19.1 Å². The number of ether oxygens (including phenoxy) is 1. The highest BCUT2D eigenvalue weighted by Crippen LogP contribution is 2.08. The molecule has 1 aromatic rings. The van der Waals surface area contributed by atoms with Crippen molar-refractivity contribution in [3.63, 3.8) is 0 Å². The maximum absolute atomic E-state index is 11.6. The topological polar surface area (TPSA) is 34.0 Å². The van der Waals surface area contributed by atoms with E-state index in [2.05, 4.69) is 12.1 Å². The van der Waals surface area contributed by atoms with E-state index >= 15 is 0 Å². The summed E-state index contributed by atoms with van der Waals surface area (Å²) >= 11 is 5.87. The molecule has 2 rings (SSSR count). The van der Waals surface area contributed by atoms with Gasteiger partial charge in [0.25, 0.3) is 0 Å². The fourth-order valence-corrected chi connectivity index (χ4v) is 2.41. The van der Waals surface area contributed by atoms with Crippen LogP contribution in [0, 0.1) is 0 Å².